The van der Waals surface area contributed by atoms with E-state index in [9.17, 15) is 18.0 Å². The number of halogens is 5. The van der Waals surface area contributed by atoms with Crippen molar-refractivity contribution in [2.75, 3.05) is 5.32 Å². The van der Waals surface area contributed by atoms with Gasteiger partial charge in [0.15, 0.2) is 5.15 Å². The highest BCUT2D eigenvalue weighted by atomic mass is 35.5. The minimum absolute atomic E-state index is 0.0181. The van der Waals surface area contributed by atoms with E-state index in [1.54, 1.807) is 36.4 Å². The first-order valence-electron chi connectivity index (χ1n) is 8.12. The van der Waals surface area contributed by atoms with Crippen LogP contribution in [0.3, 0.4) is 0 Å². The number of thioether (sulfide) groups is 1. The summed E-state index contributed by atoms with van der Waals surface area (Å²) in [5.74, 6) is -0.520. The van der Waals surface area contributed by atoms with Crippen LogP contribution in [0.25, 0.3) is 0 Å². The molecule has 0 aliphatic rings. The predicted octanol–water partition coefficient (Wildman–Crippen LogP) is 6.27. The summed E-state index contributed by atoms with van der Waals surface area (Å²) >= 11 is 12.5. The number of nitrogens with one attached hydrogen (secondary N) is 1. The Morgan fingerprint density at radius 3 is 2.34 bits per heavy atom. The molecule has 0 fully saturated rings. The number of hydrogen-bond acceptors (Lipinski definition) is 4. The second-order valence-corrected chi connectivity index (χ2v) is 7.70. The van der Waals surface area contributed by atoms with Gasteiger partial charge in [-0.1, -0.05) is 65.3 Å². The maximum atomic E-state index is 13.1. The van der Waals surface area contributed by atoms with Gasteiger partial charge in [-0.05, 0) is 35.9 Å². The van der Waals surface area contributed by atoms with E-state index < -0.39 is 27.9 Å². The quantitative estimate of drug-likeness (QED) is 0.458. The molecule has 3 aromatic rings. The molecule has 1 atom stereocenters. The number of carbonyl (C=O) groups is 1. The summed E-state index contributed by atoms with van der Waals surface area (Å²) in [4.78, 5) is 12.9. The fourth-order valence-electron chi connectivity index (χ4n) is 2.42. The summed E-state index contributed by atoms with van der Waals surface area (Å²) in [5.41, 5.74) is -0.392. The van der Waals surface area contributed by atoms with E-state index in [0.717, 1.165) is 23.9 Å². The molecule has 29 heavy (non-hydrogen) atoms. The molecule has 0 spiro atoms. The third-order valence-electron chi connectivity index (χ3n) is 3.73. The molecule has 1 N–H and O–H groups in total. The highest BCUT2D eigenvalue weighted by Crippen LogP contribution is 2.38. The highest BCUT2D eigenvalue weighted by Gasteiger charge is 2.33. The lowest BCUT2D eigenvalue weighted by Crippen LogP contribution is -2.19. The van der Waals surface area contributed by atoms with E-state index in [1.165, 1.54) is 12.1 Å². The second-order valence-electron chi connectivity index (χ2n) is 5.78. The van der Waals surface area contributed by atoms with Crippen molar-refractivity contribution in [3.63, 3.8) is 0 Å². The maximum Gasteiger partial charge on any atom is 0.417 e. The van der Waals surface area contributed by atoms with Crippen molar-refractivity contribution >= 4 is 46.6 Å². The van der Waals surface area contributed by atoms with Crippen LogP contribution < -0.4 is 5.32 Å². The van der Waals surface area contributed by atoms with Gasteiger partial charge >= 0.3 is 6.18 Å². The van der Waals surface area contributed by atoms with E-state index >= 15 is 0 Å². The number of carbonyl (C=O) groups excluding carboxylic acids is 1. The van der Waals surface area contributed by atoms with Gasteiger partial charge in [-0.25, -0.2) is 0 Å². The van der Waals surface area contributed by atoms with Crippen LogP contribution in [-0.2, 0) is 11.0 Å². The molecule has 0 saturated heterocycles. The molecule has 10 heteroatoms. The van der Waals surface area contributed by atoms with E-state index in [4.69, 9.17) is 23.2 Å². The molecule has 150 valence electrons. The molecule has 0 aliphatic heterocycles. The van der Waals surface area contributed by atoms with Gasteiger partial charge in [-0.2, -0.15) is 13.2 Å². The summed E-state index contributed by atoms with van der Waals surface area (Å²) in [5, 5.41) is 9.60. The van der Waals surface area contributed by atoms with Gasteiger partial charge in [0.05, 0.1) is 10.6 Å². The smallest absolute Gasteiger partial charge is 0.325 e. The molecule has 1 heterocycles. The Morgan fingerprint density at radius 2 is 1.72 bits per heavy atom. The average molecular weight is 458 g/mol. The van der Waals surface area contributed by atoms with Crippen molar-refractivity contribution in [2.24, 2.45) is 0 Å². The number of hydrogen-bond donors (Lipinski definition) is 1. The molecule has 0 aliphatic carbocycles. The standard InChI is InChI=1S/C19H12Cl2F3N3OS/c20-14-7-6-12(10-13(14)19(22,23)24)25-18(28)17(11-4-2-1-3-5-11)29-16-9-8-15(21)26-27-16/h1-10,17H,(H,25,28). The molecular weight excluding hydrogens is 446 g/mol. The average Bonchev–Trinajstić information content (AvgIpc) is 2.68. The zero-order valence-electron chi connectivity index (χ0n) is 14.5. The van der Waals surface area contributed by atoms with Crippen LogP contribution in [0.4, 0.5) is 18.9 Å². The van der Waals surface area contributed by atoms with Crippen molar-refractivity contribution in [2.45, 2.75) is 16.5 Å². The normalized spacial score (nSPS) is 12.4. The number of amides is 1. The van der Waals surface area contributed by atoms with Crippen LogP contribution in [0.2, 0.25) is 10.2 Å². The van der Waals surface area contributed by atoms with Crippen LogP contribution in [0.1, 0.15) is 16.4 Å². The molecule has 4 nitrogen and oxygen atoms in total. The van der Waals surface area contributed by atoms with Gasteiger partial charge in [-0.3, -0.25) is 4.79 Å². The Morgan fingerprint density at radius 1 is 1.00 bits per heavy atom. The van der Waals surface area contributed by atoms with Crippen molar-refractivity contribution in [3.05, 3.63) is 82.0 Å². The summed E-state index contributed by atoms with van der Waals surface area (Å²) in [7, 11) is 0. The summed E-state index contributed by atoms with van der Waals surface area (Å²) in [6.07, 6.45) is -4.63. The minimum atomic E-state index is -4.63. The molecule has 0 bridgehead atoms. The number of benzene rings is 2. The van der Waals surface area contributed by atoms with Crippen LogP contribution in [0.15, 0.2) is 65.7 Å². The van der Waals surface area contributed by atoms with Crippen molar-refractivity contribution in [1.82, 2.24) is 10.2 Å². The van der Waals surface area contributed by atoms with Gasteiger partial charge < -0.3 is 5.32 Å². The molecule has 1 unspecified atom stereocenters. The fourth-order valence-corrected chi connectivity index (χ4v) is 3.68. The van der Waals surface area contributed by atoms with Crippen molar-refractivity contribution in [3.8, 4) is 0 Å². The van der Waals surface area contributed by atoms with Gasteiger partial charge in [0, 0.05) is 5.69 Å². The van der Waals surface area contributed by atoms with Gasteiger partial charge in [0.25, 0.3) is 0 Å². The maximum absolute atomic E-state index is 13.1. The lowest BCUT2D eigenvalue weighted by atomic mass is 10.1. The first-order chi connectivity index (χ1) is 13.7. The molecular formula is C19H12Cl2F3N3OS. The highest BCUT2D eigenvalue weighted by molar-refractivity contribution is 8.00. The molecule has 1 amide bonds. The van der Waals surface area contributed by atoms with Crippen LogP contribution >= 0.6 is 35.0 Å². The number of anilines is 1. The van der Waals surface area contributed by atoms with E-state index in [-0.39, 0.29) is 10.8 Å². The fraction of sp³-hybridized carbons (Fsp3) is 0.105. The Balaban J connectivity index is 1.88. The topological polar surface area (TPSA) is 54.9 Å². The number of aromatic nitrogens is 2. The lowest BCUT2D eigenvalue weighted by molar-refractivity contribution is -0.137. The van der Waals surface area contributed by atoms with Crippen LogP contribution in [0, 0.1) is 0 Å². The molecule has 3 rings (SSSR count). The first kappa shape index (κ1) is 21.4. The minimum Gasteiger partial charge on any atom is -0.325 e. The molecule has 2 aromatic carbocycles. The third kappa shape index (κ3) is 5.62. The zero-order valence-corrected chi connectivity index (χ0v) is 16.8. The largest absolute Gasteiger partial charge is 0.417 e. The molecule has 0 radical (unpaired) electrons. The Bertz CT molecular complexity index is 1000. The van der Waals surface area contributed by atoms with E-state index in [1.807, 2.05) is 0 Å². The Kier molecular flexibility index (Phi) is 6.66. The summed E-state index contributed by atoms with van der Waals surface area (Å²) in [6, 6.07) is 15.1. The molecule has 1 aromatic heterocycles. The first-order valence-corrected chi connectivity index (χ1v) is 9.76. The zero-order chi connectivity index (χ0) is 21.0. The second kappa shape index (κ2) is 9.02. The summed E-state index contributed by atoms with van der Waals surface area (Å²) < 4.78 is 39.2. The Hall–Kier alpha value is -2.29. The van der Waals surface area contributed by atoms with Gasteiger partial charge in [0.1, 0.15) is 10.3 Å². The number of alkyl halides is 3. The predicted molar refractivity (Wildman–Crippen MR) is 107 cm³/mol. The SMILES string of the molecule is O=C(Nc1ccc(Cl)c(C(F)(F)F)c1)C(Sc1ccc(Cl)nn1)c1ccccc1. The Labute approximate surface area is 178 Å². The van der Waals surface area contributed by atoms with Gasteiger partial charge in [-0.15, -0.1) is 10.2 Å². The van der Waals surface area contributed by atoms with E-state index in [2.05, 4.69) is 15.5 Å². The third-order valence-corrected chi connectivity index (χ3v) is 5.44. The lowest BCUT2D eigenvalue weighted by Gasteiger charge is -2.17. The number of nitrogens with zero attached hydrogens (tertiary/aromatic N) is 2. The van der Waals surface area contributed by atoms with E-state index in [0.29, 0.717) is 10.6 Å². The number of rotatable bonds is 5. The van der Waals surface area contributed by atoms with Gasteiger partial charge in [0.2, 0.25) is 5.91 Å². The summed E-state index contributed by atoms with van der Waals surface area (Å²) in [6.45, 7) is 0. The van der Waals surface area contributed by atoms with Crippen LogP contribution in [0.5, 0.6) is 0 Å². The monoisotopic (exact) mass is 457 g/mol. The molecule has 0 saturated carbocycles. The van der Waals surface area contributed by atoms with Crippen LogP contribution in [-0.4, -0.2) is 16.1 Å². The van der Waals surface area contributed by atoms with Crippen molar-refractivity contribution in [1.29, 1.82) is 0 Å². The van der Waals surface area contributed by atoms with Crippen molar-refractivity contribution < 1.29 is 18.0 Å².